The van der Waals surface area contributed by atoms with Crippen molar-refractivity contribution in [2.75, 3.05) is 32.8 Å². The second-order valence-electron chi connectivity index (χ2n) is 7.92. The molecule has 2 aliphatic heterocycles. The molecule has 0 bridgehead atoms. The van der Waals surface area contributed by atoms with Crippen molar-refractivity contribution >= 4 is 0 Å². The number of likely N-dealkylation sites (tertiary alicyclic amines) is 2. The molecule has 2 saturated heterocycles. The first-order valence-electron chi connectivity index (χ1n) is 10.5. The van der Waals surface area contributed by atoms with E-state index in [1.54, 1.807) is 6.20 Å². The van der Waals surface area contributed by atoms with E-state index in [0.717, 1.165) is 24.9 Å². The summed E-state index contributed by atoms with van der Waals surface area (Å²) in [5.74, 6) is 0.950. The van der Waals surface area contributed by atoms with Gasteiger partial charge in [-0.3, -0.25) is 4.90 Å². The lowest BCUT2D eigenvalue weighted by Crippen LogP contribution is -2.45. The minimum Gasteiger partial charge on any atom is -0.492 e. The Morgan fingerprint density at radius 2 is 1.81 bits per heavy atom. The maximum atomic E-state index is 5.87. The van der Waals surface area contributed by atoms with Crippen molar-refractivity contribution in [1.82, 2.24) is 19.4 Å². The first-order chi connectivity index (χ1) is 13.4. The minimum atomic E-state index is 0.666. The molecule has 0 N–H and O–H groups in total. The number of ether oxygens (including phenoxy) is 1. The van der Waals surface area contributed by atoms with Crippen LogP contribution in [0, 0.1) is 0 Å². The molecule has 2 aliphatic rings. The van der Waals surface area contributed by atoms with Gasteiger partial charge in [0.2, 0.25) is 0 Å². The van der Waals surface area contributed by atoms with Gasteiger partial charge in [-0.15, -0.1) is 0 Å². The van der Waals surface area contributed by atoms with Crippen molar-refractivity contribution < 1.29 is 4.74 Å². The molecule has 1 aromatic carbocycles. The third-order valence-electron chi connectivity index (χ3n) is 5.90. The molecule has 4 rings (SSSR count). The Balaban J connectivity index is 1.27. The Bertz CT molecular complexity index is 664. The van der Waals surface area contributed by atoms with E-state index in [-0.39, 0.29) is 0 Å². The number of hydrogen-bond donors (Lipinski definition) is 0. The van der Waals surface area contributed by atoms with Gasteiger partial charge in [-0.1, -0.05) is 18.6 Å². The second kappa shape index (κ2) is 9.38. The average molecular weight is 369 g/mol. The van der Waals surface area contributed by atoms with Crippen molar-refractivity contribution in [3.05, 3.63) is 48.5 Å². The molecule has 5 heteroatoms. The maximum absolute atomic E-state index is 5.87. The Hall–Kier alpha value is -1.85. The molecule has 1 aromatic heterocycles. The molecule has 3 heterocycles. The molecule has 27 heavy (non-hydrogen) atoms. The molecule has 1 atom stereocenters. The van der Waals surface area contributed by atoms with Crippen LogP contribution in [0.2, 0.25) is 0 Å². The smallest absolute Gasteiger partial charge is 0.119 e. The summed E-state index contributed by atoms with van der Waals surface area (Å²) >= 11 is 0. The van der Waals surface area contributed by atoms with E-state index in [4.69, 9.17) is 4.74 Å². The fourth-order valence-corrected chi connectivity index (χ4v) is 4.35. The lowest BCUT2D eigenvalue weighted by atomic mass is 10.0. The first-order valence-corrected chi connectivity index (χ1v) is 10.5. The molecule has 0 aliphatic carbocycles. The standard InChI is InChI=1S/C22H32N4O/c1-2-13-26(21(5-1)18-24-11-3-4-12-24)17-20-6-8-22(9-7-20)27-16-15-25-14-10-23-19-25/h6-10,14,19,21H,1-5,11-13,15-18H2/t21-/m1/s1. The second-order valence-corrected chi connectivity index (χ2v) is 7.92. The molecule has 2 aromatic rings. The van der Waals surface area contributed by atoms with Crippen LogP contribution in [0.5, 0.6) is 5.75 Å². The molecule has 5 nitrogen and oxygen atoms in total. The predicted molar refractivity (Wildman–Crippen MR) is 108 cm³/mol. The van der Waals surface area contributed by atoms with Crippen LogP contribution in [0.3, 0.4) is 0 Å². The fourth-order valence-electron chi connectivity index (χ4n) is 4.35. The van der Waals surface area contributed by atoms with Gasteiger partial charge in [0, 0.05) is 31.5 Å². The maximum Gasteiger partial charge on any atom is 0.119 e. The summed E-state index contributed by atoms with van der Waals surface area (Å²) in [4.78, 5) is 9.42. The Labute approximate surface area is 162 Å². The van der Waals surface area contributed by atoms with Crippen LogP contribution in [0.25, 0.3) is 0 Å². The highest BCUT2D eigenvalue weighted by molar-refractivity contribution is 5.27. The van der Waals surface area contributed by atoms with Gasteiger partial charge in [-0.25, -0.2) is 4.98 Å². The molecular weight excluding hydrogens is 336 g/mol. The fraction of sp³-hybridized carbons (Fsp3) is 0.591. The quantitative estimate of drug-likeness (QED) is 0.715. The molecule has 2 fully saturated rings. The van der Waals surface area contributed by atoms with Crippen molar-refractivity contribution in [2.45, 2.75) is 51.2 Å². The first kappa shape index (κ1) is 18.5. The topological polar surface area (TPSA) is 33.5 Å². The molecule has 0 radical (unpaired) electrons. The van der Waals surface area contributed by atoms with Gasteiger partial charge in [0.25, 0.3) is 0 Å². The number of imidazole rings is 1. The van der Waals surface area contributed by atoms with E-state index < -0.39 is 0 Å². The van der Waals surface area contributed by atoms with Crippen LogP contribution in [-0.4, -0.2) is 58.2 Å². The van der Waals surface area contributed by atoms with Crippen LogP contribution in [0.4, 0.5) is 0 Å². The van der Waals surface area contributed by atoms with E-state index in [1.165, 1.54) is 63.8 Å². The van der Waals surface area contributed by atoms with Crippen molar-refractivity contribution in [3.63, 3.8) is 0 Å². The zero-order valence-corrected chi connectivity index (χ0v) is 16.3. The van der Waals surface area contributed by atoms with Gasteiger partial charge < -0.3 is 14.2 Å². The van der Waals surface area contributed by atoms with Crippen LogP contribution in [0.15, 0.2) is 43.0 Å². The number of piperidine rings is 1. The monoisotopic (exact) mass is 368 g/mol. The van der Waals surface area contributed by atoms with Crippen molar-refractivity contribution in [3.8, 4) is 5.75 Å². The van der Waals surface area contributed by atoms with Crippen LogP contribution in [-0.2, 0) is 13.1 Å². The van der Waals surface area contributed by atoms with Crippen molar-refractivity contribution in [1.29, 1.82) is 0 Å². The van der Waals surface area contributed by atoms with Crippen LogP contribution < -0.4 is 4.74 Å². The van der Waals surface area contributed by atoms with Crippen LogP contribution in [0.1, 0.15) is 37.7 Å². The number of nitrogens with zero attached hydrogens (tertiary/aromatic N) is 4. The SMILES string of the molecule is c1cn(CCOc2ccc(CN3CCCC[C@@H]3CN3CCCC3)cc2)cn1. The van der Waals surface area contributed by atoms with E-state index >= 15 is 0 Å². The van der Waals surface area contributed by atoms with Crippen molar-refractivity contribution in [2.24, 2.45) is 0 Å². The third-order valence-corrected chi connectivity index (χ3v) is 5.90. The molecule has 0 saturated carbocycles. The van der Waals surface area contributed by atoms with E-state index in [1.807, 2.05) is 17.1 Å². The highest BCUT2D eigenvalue weighted by Gasteiger charge is 2.25. The number of benzene rings is 1. The van der Waals surface area contributed by atoms with E-state index in [9.17, 15) is 0 Å². The molecule has 0 spiro atoms. The van der Waals surface area contributed by atoms with Gasteiger partial charge >= 0.3 is 0 Å². The predicted octanol–water partition coefficient (Wildman–Crippen LogP) is 3.41. The van der Waals surface area contributed by atoms with Gasteiger partial charge in [0.15, 0.2) is 0 Å². The summed E-state index contributed by atoms with van der Waals surface area (Å²) in [6.07, 6.45) is 12.4. The molecule has 0 unspecified atom stereocenters. The summed E-state index contributed by atoms with van der Waals surface area (Å²) in [5.41, 5.74) is 1.39. The minimum absolute atomic E-state index is 0.666. The number of aromatic nitrogens is 2. The summed E-state index contributed by atoms with van der Waals surface area (Å²) in [7, 11) is 0. The zero-order valence-electron chi connectivity index (χ0n) is 16.3. The third kappa shape index (κ3) is 5.33. The Morgan fingerprint density at radius 1 is 1.00 bits per heavy atom. The van der Waals surface area contributed by atoms with Crippen LogP contribution >= 0.6 is 0 Å². The zero-order chi connectivity index (χ0) is 18.3. The largest absolute Gasteiger partial charge is 0.492 e. The normalized spacial score (nSPS) is 21.6. The summed E-state index contributed by atoms with van der Waals surface area (Å²) < 4.78 is 7.90. The van der Waals surface area contributed by atoms with Gasteiger partial charge in [-0.05, 0) is 63.0 Å². The highest BCUT2D eigenvalue weighted by atomic mass is 16.5. The lowest BCUT2D eigenvalue weighted by Gasteiger charge is -2.38. The molecule has 0 amide bonds. The summed E-state index contributed by atoms with van der Waals surface area (Å²) in [6, 6.07) is 9.41. The summed E-state index contributed by atoms with van der Waals surface area (Å²) in [6.45, 7) is 7.66. The van der Waals surface area contributed by atoms with Gasteiger partial charge in [0.05, 0.1) is 12.9 Å². The lowest BCUT2D eigenvalue weighted by molar-refractivity contribution is 0.106. The van der Waals surface area contributed by atoms with Gasteiger partial charge in [-0.2, -0.15) is 0 Å². The summed E-state index contributed by atoms with van der Waals surface area (Å²) in [5, 5.41) is 0. The average Bonchev–Trinajstić information content (AvgIpc) is 3.39. The Morgan fingerprint density at radius 3 is 2.59 bits per heavy atom. The van der Waals surface area contributed by atoms with E-state index in [0.29, 0.717) is 6.61 Å². The highest BCUT2D eigenvalue weighted by Crippen LogP contribution is 2.23. The molecule has 146 valence electrons. The van der Waals surface area contributed by atoms with E-state index in [2.05, 4.69) is 39.0 Å². The van der Waals surface area contributed by atoms with Gasteiger partial charge in [0.1, 0.15) is 12.4 Å². The number of rotatable bonds is 8. The number of hydrogen-bond acceptors (Lipinski definition) is 4. The molecular formula is C22H32N4O. The Kier molecular flexibility index (Phi) is 6.43.